The van der Waals surface area contributed by atoms with Crippen LogP contribution in [-0.2, 0) is 4.79 Å². The van der Waals surface area contributed by atoms with E-state index in [1.54, 1.807) is 24.2 Å². The first-order chi connectivity index (χ1) is 10.7. The molecule has 1 aromatic heterocycles. The molecular weight excluding hydrogens is 274 g/mol. The summed E-state index contributed by atoms with van der Waals surface area (Å²) in [6.07, 6.45) is 7.57. The average Bonchev–Trinajstić information content (AvgIpc) is 2.52. The van der Waals surface area contributed by atoms with E-state index in [0.717, 1.165) is 35.7 Å². The lowest BCUT2D eigenvalue weighted by Gasteiger charge is -2.42. The van der Waals surface area contributed by atoms with Crippen LogP contribution in [0, 0.1) is 11.3 Å². The fourth-order valence-electron chi connectivity index (χ4n) is 2.78. The van der Waals surface area contributed by atoms with E-state index in [-0.39, 0.29) is 5.91 Å². The number of hydrogen-bond acceptors (Lipinski definition) is 3. The number of aromatic nitrogens is 1. The Morgan fingerprint density at radius 3 is 2.82 bits per heavy atom. The van der Waals surface area contributed by atoms with Crippen LogP contribution in [0.1, 0.15) is 24.8 Å². The summed E-state index contributed by atoms with van der Waals surface area (Å²) in [6.45, 7) is 0. The Morgan fingerprint density at radius 1 is 1.36 bits per heavy atom. The molecule has 1 fully saturated rings. The summed E-state index contributed by atoms with van der Waals surface area (Å²) in [4.78, 5) is 18.2. The van der Waals surface area contributed by atoms with Gasteiger partial charge in [0.15, 0.2) is 0 Å². The molecule has 1 aromatic carbocycles. The van der Waals surface area contributed by atoms with Gasteiger partial charge in [0.1, 0.15) is 5.54 Å². The highest BCUT2D eigenvalue weighted by Crippen LogP contribution is 2.36. The second kappa shape index (κ2) is 5.61. The fraction of sp³-hybridized carbons (Fsp3) is 0.278. The van der Waals surface area contributed by atoms with Crippen molar-refractivity contribution in [3.8, 4) is 6.07 Å². The van der Waals surface area contributed by atoms with E-state index in [1.807, 2.05) is 30.3 Å². The molecule has 4 nitrogen and oxygen atoms in total. The van der Waals surface area contributed by atoms with Crippen LogP contribution in [0.5, 0.6) is 0 Å². The van der Waals surface area contributed by atoms with E-state index in [1.165, 1.54) is 6.08 Å². The summed E-state index contributed by atoms with van der Waals surface area (Å²) in [7, 11) is 1.70. The first kappa shape index (κ1) is 14.3. The molecule has 22 heavy (non-hydrogen) atoms. The van der Waals surface area contributed by atoms with E-state index in [2.05, 4.69) is 11.1 Å². The predicted molar refractivity (Wildman–Crippen MR) is 85.7 cm³/mol. The molecule has 3 rings (SSSR count). The van der Waals surface area contributed by atoms with Crippen LogP contribution in [0.25, 0.3) is 17.0 Å². The number of nitriles is 1. The van der Waals surface area contributed by atoms with Gasteiger partial charge in [0.05, 0.1) is 11.6 Å². The molecule has 0 N–H and O–H groups in total. The van der Waals surface area contributed by atoms with E-state index in [0.29, 0.717) is 0 Å². The van der Waals surface area contributed by atoms with Crippen LogP contribution < -0.4 is 0 Å². The summed E-state index contributed by atoms with van der Waals surface area (Å²) in [6, 6.07) is 12.0. The van der Waals surface area contributed by atoms with Gasteiger partial charge in [-0.2, -0.15) is 5.26 Å². The molecule has 0 bridgehead atoms. The van der Waals surface area contributed by atoms with Gasteiger partial charge in [0.25, 0.3) is 0 Å². The number of benzene rings is 1. The minimum absolute atomic E-state index is 0.144. The Labute approximate surface area is 129 Å². The number of amides is 1. The summed E-state index contributed by atoms with van der Waals surface area (Å²) < 4.78 is 0. The van der Waals surface area contributed by atoms with Crippen LogP contribution in [0.15, 0.2) is 42.6 Å². The maximum atomic E-state index is 12.3. The lowest BCUT2D eigenvalue weighted by molar-refractivity contribution is -0.130. The van der Waals surface area contributed by atoms with Crippen molar-refractivity contribution in [2.75, 3.05) is 7.05 Å². The summed E-state index contributed by atoms with van der Waals surface area (Å²) in [5.74, 6) is -0.144. The zero-order valence-corrected chi connectivity index (χ0v) is 12.5. The molecule has 2 aromatic rings. The maximum absolute atomic E-state index is 12.3. The third-order valence-electron chi connectivity index (χ3n) is 4.43. The molecule has 110 valence electrons. The zero-order valence-electron chi connectivity index (χ0n) is 12.5. The molecule has 0 radical (unpaired) electrons. The van der Waals surface area contributed by atoms with Gasteiger partial charge < -0.3 is 4.90 Å². The first-order valence-corrected chi connectivity index (χ1v) is 7.37. The van der Waals surface area contributed by atoms with E-state index in [9.17, 15) is 10.1 Å². The van der Waals surface area contributed by atoms with E-state index in [4.69, 9.17) is 0 Å². The van der Waals surface area contributed by atoms with Crippen LogP contribution >= 0.6 is 0 Å². The number of nitrogens with zero attached hydrogens (tertiary/aromatic N) is 3. The topological polar surface area (TPSA) is 57.0 Å². The largest absolute Gasteiger partial charge is 0.323 e. The highest BCUT2D eigenvalue weighted by Gasteiger charge is 2.42. The van der Waals surface area contributed by atoms with Gasteiger partial charge in [-0.15, -0.1) is 0 Å². The number of carbonyl (C=O) groups is 1. The Bertz CT molecular complexity index is 779. The highest BCUT2D eigenvalue weighted by atomic mass is 16.2. The summed E-state index contributed by atoms with van der Waals surface area (Å²) in [5, 5.41) is 10.3. The second-order valence-corrected chi connectivity index (χ2v) is 5.65. The minimum Gasteiger partial charge on any atom is -0.323 e. The molecule has 0 saturated heterocycles. The maximum Gasteiger partial charge on any atom is 0.247 e. The van der Waals surface area contributed by atoms with Crippen LogP contribution in [0.3, 0.4) is 0 Å². The number of pyridine rings is 1. The van der Waals surface area contributed by atoms with E-state index < -0.39 is 5.54 Å². The Morgan fingerprint density at radius 2 is 2.14 bits per heavy atom. The van der Waals surface area contributed by atoms with Gasteiger partial charge in [-0.3, -0.25) is 9.78 Å². The van der Waals surface area contributed by atoms with Gasteiger partial charge in [0, 0.05) is 30.3 Å². The summed E-state index contributed by atoms with van der Waals surface area (Å²) in [5.41, 5.74) is 1.16. The zero-order chi connectivity index (χ0) is 15.6. The van der Waals surface area contributed by atoms with Crippen LogP contribution in [0.2, 0.25) is 0 Å². The minimum atomic E-state index is -0.613. The van der Waals surface area contributed by atoms with Crippen molar-refractivity contribution < 1.29 is 4.79 Å². The molecule has 1 saturated carbocycles. The third kappa shape index (κ3) is 2.35. The van der Waals surface area contributed by atoms with Crippen molar-refractivity contribution in [3.05, 3.63) is 48.2 Å². The van der Waals surface area contributed by atoms with Gasteiger partial charge >= 0.3 is 0 Å². The van der Waals surface area contributed by atoms with Crippen LogP contribution in [0.4, 0.5) is 0 Å². The van der Waals surface area contributed by atoms with Gasteiger partial charge in [-0.1, -0.05) is 24.3 Å². The number of likely N-dealkylation sites (N-methyl/N-ethyl adjacent to an activating group) is 1. The number of rotatable bonds is 3. The first-order valence-electron chi connectivity index (χ1n) is 7.37. The molecule has 1 aliphatic rings. The molecular formula is C18H17N3O. The number of para-hydroxylation sites is 1. The molecule has 0 spiro atoms. The standard InChI is InChI=1S/C18H17N3O/c1-21(18(13-19)10-4-11-18)16(22)9-8-15-6-2-5-14-7-3-12-20-17(14)15/h2-3,5-9,12H,4,10-11H2,1H3. The Balaban J connectivity index is 1.84. The molecule has 0 atom stereocenters. The van der Waals surface area contributed by atoms with Crippen molar-refractivity contribution in [1.29, 1.82) is 5.26 Å². The van der Waals surface area contributed by atoms with Crippen molar-refractivity contribution in [3.63, 3.8) is 0 Å². The monoisotopic (exact) mass is 291 g/mol. The number of hydrogen-bond donors (Lipinski definition) is 0. The predicted octanol–water partition coefficient (Wildman–Crippen LogP) is 3.15. The molecule has 1 amide bonds. The van der Waals surface area contributed by atoms with E-state index >= 15 is 0 Å². The van der Waals surface area contributed by atoms with Crippen molar-refractivity contribution in [2.45, 2.75) is 24.8 Å². The van der Waals surface area contributed by atoms with Crippen molar-refractivity contribution in [2.24, 2.45) is 0 Å². The molecule has 4 heteroatoms. The highest BCUT2D eigenvalue weighted by molar-refractivity contribution is 5.95. The third-order valence-corrected chi connectivity index (χ3v) is 4.43. The van der Waals surface area contributed by atoms with Gasteiger partial charge in [0.2, 0.25) is 5.91 Å². The van der Waals surface area contributed by atoms with Gasteiger partial charge in [-0.05, 0) is 31.4 Å². The van der Waals surface area contributed by atoms with Gasteiger partial charge in [-0.25, -0.2) is 0 Å². The Kier molecular flexibility index (Phi) is 3.64. The Hall–Kier alpha value is -2.67. The lowest BCUT2D eigenvalue weighted by Crippen LogP contribution is -2.52. The van der Waals surface area contributed by atoms with Crippen LogP contribution in [-0.4, -0.2) is 28.4 Å². The fourth-order valence-corrected chi connectivity index (χ4v) is 2.78. The lowest BCUT2D eigenvalue weighted by atomic mass is 9.76. The molecule has 1 aliphatic carbocycles. The summed E-state index contributed by atoms with van der Waals surface area (Å²) >= 11 is 0. The SMILES string of the molecule is CN(C(=O)C=Cc1cccc2cccnc12)C1(C#N)CCC1. The number of carbonyl (C=O) groups excluding carboxylic acids is 1. The van der Waals surface area contributed by atoms with Crippen molar-refractivity contribution in [1.82, 2.24) is 9.88 Å². The molecule has 0 aliphatic heterocycles. The average molecular weight is 291 g/mol. The normalized spacial score (nSPS) is 16.2. The second-order valence-electron chi connectivity index (χ2n) is 5.65. The molecule has 1 heterocycles. The quantitative estimate of drug-likeness (QED) is 0.816. The number of fused-ring (bicyclic) bond motifs is 1. The smallest absolute Gasteiger partial charge is 0.247 e. The molecule has 0 unspecified atom stereocenters. The van der Waals surface area contributed by atoms with Crippen molar-refractivity contribution >= 4 is 22.9 Å².